The van der Waals surface area contributed by atoms with Crippen LogP contribution in [0.5, 0.6) is 0 Å². The van der Waals surface area contributed by atoms with E-state index in [-0.39, 0.29) is 42.4 Å². The van der Waals surface area contributed by atoms with E-state index in [0.717, 1.165) is 0 Å². The minimum atomic E-state index is -0.323. The van der Waals surface area contributed by atoms with Crippen LogP contribution in [0.3, 0.4) is 0 Å². The van der Waals surface area contributed by atoms with E-state index in [1.165, 1.54) is 17.0 Å². The minimum Gasteiger partial charge on any atom is -0.461 e. The molecule has 0 spiro atoms. The number of nitrogens with one attached hydrogen (secondary N) is 1. The van der Waals surface area contributed by atoms with Crippen LogP contribution < -0.4 is 10.9 Å². The third kappa shape index (κ3) is 4.56. The predicted octanol–water partition coefficient (Wildman–Crippen LogP) is 2.46. The van der Waals surface area contributed by atoms with Gasteiger partial charge >= 0.3 is 5.97 Å². The van der Waals surface area contributed by atoms with E-state index in [9.17, 15) is 14.4 Å². The molecule has 1 aromatic heterocycles. The van der Waals surface area contributed by atoms with Gasteiger partial charge in [0.1, 0.15) is 6.10 Å². The zero-order valence-electron chi connectivity index (χ0n) is 14.7. The number of hydrogen-bond acceptors (Lipinski definition) is 6. The number of aromatic nitrogens is 2. The van der Waals surface area contributed by atoms with Crippen molar-refractivity contribution in [1.82, 2.24) is 14.9 Å². The zero-order chi connectivity index (χ0) is 19.6. The van der Waals surface area contributed by atoms with Crippen molar-refractivity contribution in [3.8, 4) is 0 Å². The highest BCUT2D eigenvalue weighted by molar-refractivity contribution is 9.10. The first-order valence-corrected chi connectivity index (χ1v) is 9.85. The van der Waals surface area contributed by atoms with Crippen LogP contribution in [0.1, 0.15) is 26.2 Å². The molecule has 27 heavy (non-hydrogen) atoms. The molecule has 1 saturated heterocycles. The summed E-state index contributed by atoms with van der Waals surface area (Å²) in [6.45, 7) is 2.32. The summed E-state index contributed by atoms with van der Waals surface area (Å²) >= 11 is 9.36. The van der Waals surface area contributed by atoms with Gasteiger partial charge in [0, 0.05) is 17.3 Å². The molecule has 0 unspecified atom stereocenters. The van der Waals surface area contributed by atoms with Crippen molar-refractivity contribution < 1.29 is 14.3 Å². The number of esters is 1. The zero-order valence-corrected chi connectivity index (χ0v) is 17.0. The van der Waals surface area contributed by atoms with Gasteiger partial charge in [-0.15, -0.1) is 0 Å². The molecule has 1 aromatic carbocycles. The van der Waals surface area contributed by atoms with Crippen LogP contribution in [-0.4, -0.2) is 40.0 Å². The van der Waals surface area contributed by atoms with Crippen LogP contribution in [0.4, 0.5) is 0 Å². The SMILES string of the molecule is CCC(=O)O[C@@H]1CCN[C@H]1CC(=O)Cn1cnc2cc(Br)c(Cl)cc2c1=O. The number of carbonyl (C=O) groups excluding carboxylic acids is 2. The second-order valence-corrected chi connectivity index (χ2v) is 7.70. The average Bonchev–Trinajstić information content (AvgIpc) is 3.05. The molecule has 0 radical (unpaired) electrons. The Bertz CT molecular complexity index is 946. The summed E-state index contributed by atoms with van der Waals surface area (Å²) in [7, 11) is 0. The molecule has 1 N–H and O–H groups in total. The molecule has 2 heterocycles. The Hall–Kier alpha value is -1.77. The molecule has 0 amide bonds. The highest BCUT2D eigenvalue weighted by Gasteiger charge is 2.31. The third-order valence-corrected chi connectivity index (χ3v) is 5.71. The Morgan fingerprint density at radius 2 is 2.22 bits per heavy atom. The standard InChI is InChI=1S/C18H19BrClN3O4/c1-2-17(25)27-16-3-4-21-15(16)5-10(24)8-23-9-22-14-7-12(19)13(20)6-11(14)18(23)26/h6-7,9,15-16,21H,2-5,8H2,1H3/t15-,16+/m0/s1. The van der Waals surface area contributed by atoms with Gasteiger partial charge in [0.05, 0.1) is 34.8 Å². The molecule has 0 bridgehead atoms. The summed E-state index contributed by atoms with van der Waals surface area (Å²) in [5.74, 6) is -0.419. The molecule has 3 rings (SSSR count). The summed E-state index contributed by atoms with van der Waals surface area (Å²) < 4.78 is 7.30. The van der Waals surface area contributed by atoms with Gasteiger partial charge in [0.15, 0.2) is 5.78 Å². The first-order chi connectivity index (χ1) is 12.9. The van der Waals surface area contributed by atoms with Gasteiger partial charge in [-0.25, -0.2) is 4.98 Å². The number of Topliss-reactive ketones (excluding diaryl/α,β-unsaturated/α-hetero) is 1. The van der Waals surface area contributed by atoms with Gasteiger partial charge in [0.2, 0.25) is 0 Å². The largest absolute Gasteiger partial charge is 0.461 e. The molecule has 2 atom stereocenters. The molecular formula is C18H19BrClN3O4. The number of rotatable bonds is 6. The van der Waals surface area contributed by atoms with Crippen molar-refractivity contribution in [2.45, 2.75) is 44.9 Å². The lowest BCUT2D eigenvalue weighted by atomic mass is 10.1. The molecule has 0 aliphatic carbocycles. The van der Waals surface area contributed by atoms with Crippen molar-refractivity contribution in [3.63, 3.8) is 0 Å². The summed E-state index contributed by atoms with van der Waals surface area (Å²) in [6.07, 6.45) is 2.19. The molecular weight excluding hydrogens is 438 g/mol. The van der Waals surface area contributed by atoms with E-state index in [4.69, 9.17) is 16.3 Å². The first-order valence-electron chi connectivity index (χ1n) is 8.67. The number of ketones is 1. The highest BCUT2D eigenvalue weighted by atomic mass is 79.9. The van der Waals surface area contributed by atoms with Crippen molar-refractivity contribution in [2.24, 2.45) is 0 Å². The number of benzene rings is 1. The van der Waals surface area contributed by atoms with Gasteiger partial charge in [-0.05, 0) is 41.0 Å². The van der Waals surface area contributed by atoms with E-state index in [1.54, 1.807) is 13.0 Å². The topological polar surface area (TPSA) is 90.3 Å². The fraction of sp³-hybridized carbons (Fsp3) is 0.444. The number of fused-ring (bicyclic) bond motifs is 1. The smallest absolute Gasteiger partial charge is 0.305 e. The number of hydrogen-bond donors (Lipinski definition) is 1. The monoisotopic (exact) mass is 455 g/mol. The van der Waals surface area contributed by atoms with E-state index in [2.05, 4.69) is 26.2 Å². The van der Waals surface area contributed by atoms with Crippen molar-refractivity contribution >= 4 is 50.2 Å². The Kier molecular flexibility index (Phi) is 6.29. The van der Waals surface area contributed by atoms with Crippen LogP contribution in [0, 0.1) is 0 Å². The molecule has 1 aliphatic rings. The van der Waals surface area contributed by atoms with Crippen molar-refractivity contribution in [2.75, 3.05) is 6.54 Å². The Balaban J connectivity index is 1.72. The van der Waals surface area contributed by atoms with Gasteiger partial charge in [-0.3, -0.25) is 19.0 Å². The van der Waals surface area contributed by atoms with E-state index in [1.807, 2.05) is 0 Å². The molecule has 0 saturated carbocycles. The van der Waals surface area contributed by atoms with Crippen molar-refractivity contribution in [3.05, 3.63) is 38.3 Å². The third-order valence-electron chi connectivity index (χ3n) is 4.52. The van der Waals surface area contributed by atoms with Crippen LogP contribution in [-0.2, 0) is 20.9 Å². The molecule has 1 fully saturated rings. The fourth-order valence-electron chi connectivity index (χ4n) is 3.11. The van der Waals surface area contributed by atoms with Crippen molar-refractivity contribution in [1.29, 1.82) is 0 Å². The lowest BCUT2D eigenvalue weighted by molar-refractivity contribution is -0.149. The van der Waals surface area contributed by atoms with E-state index in [0.29, 0.717) is 39.8 Å². The number of nitrogens with zero attached hydrogens (tertiary/aromatic N) is 2. The van der Waals surface area contributed by atoms with E-state index >= 15 is 0 Å². The lowest BCUT2D eigenvalue weighted by Gasteiger charge is -2.19. The second-order valence-electron chi connectivity index (χ2n) is 6.44. The summed E-state index contributed by atoms with van der Waals surface area (Å²) in [6, 6.07) is 2.97. The van der Waals surface area contributed by atoms with Crippen LogP contribution in [0.2, 0.25) is 5.02 Å². The maximum absolute atomic E-state index is 12.6. The number of ether oxygens (including phenoxy) is 1. The van der Waals surface area contributed by atoms with Crippen LogP contribution >= 0.6 is 27.5 Å². The number of carbonyl (C=O) groups is 2. The minimum absolute atomic E-state index is 0.0952. The molecule has 7 nitrogen and oxygen atoms in total. The highest BCUT2D eigenvalue weighted by Crippen LogP contribution is 2.25. The first kappa shape index (κ1) is 20.0. The molecule has 144 valence electrons. The molecule has 9 heteroatoms. The normalized spacial score (nSPS) is 19.4. The van der Waals surface area contributed by atoms with Crippen LogP contribution in [0.25, 0.3) is 10.9 Å². The second kappa shape index (κ2) is 8.50. The Labute approximate surface area is 169 Å². The fourth-order valence-corrected chi connectivity index (χ4v) is 3.60. The quantitative estimate of drug-likeness (QED) is 0.672. The van der Waals surface area contributed by atoms with Gasteiger partial charge in [-0.2, -0.15) is 0 Å². The van der Waals surface area contributed by atoms with E-state index < -0.39 is 0 Å². The maximum Gasteiger partial charge on any atom is 0.305 e. The molecule has 2 aromatic rings. The number of halogens is 2. The van der Waals surface area contributed by atoms with Gasteiger partial charge in [0.25, 0.3) is 5.56 Å². The molecule has 1 aliphatic heterocycles. The summed E-state index contributed by atoms with van der Waals surface area (Å²) in [4.78, 5) is 40.8. The maximum atomic E-state index is 12.6. The Morgan fingerprint density at radius 1 is 1.44 bits per heavy atom. The van der Waals surface area contributed by atoms with Gasteiger partial charge in [-0.1, -0.05) is 18.5 Å². The summed E-state index contributed by atoms with van der Waals surface area (Å²) in [5.41, 5.74) is 0.181. The predicted molar refractivity (Wildman–Crippen MR) is 105 cm³/mol. The van der Waals surface area contributed by atoms with Crippen LogP contribution in [0.15, 0.2) is 27.7 Å². The summed E-state index contributed by atoms with van der Waals surface area (Å²) in [5, 5.41) is 3.94. The average molecular weight is 457 g/mol. The Morgan fingerprint density at radius 3 is 2.96 bits per heavy atom. The lowest BCUT2D eigenvalue weighted by Crippen LogP contribution is -2.37. The van der Waals surface area contributed by atoms with Gasteiger partial charge < -0.3 is 10.1 Å².